The first-order valence-corrected chi connectivity index (χ1v) is 13.1. The normalized spacial score (nSPS) is 16.8. The molecule has 38 heavy (non-hydrogen) atoms. The number of hydrogen-bond donors (Lipinski definition) is 0. The molecule has 1 saturated heterocycles. The molecule has 0 aliphatic carbocycles. The van der Waals surface area contributed by atoms with E-state index in [0.717, 1.165) is 51.5 Å². The second-order valence-corrected chi connectivity index (χ2v) is 10.8. The average molecular weight is 649 g/mol. The third-order valence-corrected chi connectivity index (χ3v) is 5.86. The van der Waals surface area contributed by atoms with Crippen LogP contribution in [0.5, 0.6) is 0 Å². The van der Waals surface area contributed by atoms with Crippen LogP contribution in [0.3, 0.4) is 0 Å². The van der Waals surface area contributed by atoms with Gasteiger partial charge in [0.1, 0.15) is 0 Å². The monoisotopic (exact) mass is 648 g/mol. The molecule has 1 fully saturated rings. The van der Waals surface area contributed by atoms with Crippen LogP contribution < -0.4 is 4.90 Å². The maximum Gasteiger partial charge on any atom is 2.00 e. The number of halogens is 6. The summed E-state index contributed by atoms with van der Waals surface area (Å²) in [7, 11) is -3.61. The summed E-state index contributed by atoms with van der Waals surface area (Å²) >= 11 is 0. The molecule has 0 N–H and O–H groups in total. The summed E-state index contributed by atoms with van der Waals surface area (Å²) in [6.07, 6.45) is 1.92. The molecule has 0 saturated carbocycles. The molecule has 1 aliphatic rings. The fraction of sp³-hybridized carbons (Fsp3) is 0.722. The Morgan fingerprint density at radius 2 is 1.18 bits per heavy atom. The number of alkyl halides is 6. The molecule has 1 aliphatic heterocycles. The van der Waals surface area contributed by atoms with Crippen molar-refractivity contribution in [3.63, 3.8) is 0 Å². The first-order valence-electron chi connectivity index (χ1n) is 10.3. The van der Waals surface area contributed by atoms with Crippen molar-refractivity contribution in [3.8, 4) is 0 Å². The third-order valence-electron chi connectivity index (χ3n) is 4.73. The van der Waals surface area contributed by atoms with Gasteiger partial charge in [0.15, 0.2) is 20.2 Å². The zero-order chi connectivity index (χ0) is 29.2. The second-order valence-electron chi connectivity index (χ2n) is 8.08. The van der Waals surface area contributed by atoms with Gasteiger partial charge in [0.2, 0.25) is 0 Å². The van der Waals surface area contributed by atoms with Crippen molar-refractivity contribution < 1.29 is 69.1 Å². The molecule has 11 nitrogen and oxygen atoms in total. The van der Waals surface area contributed by atoms with Gasteiger partial charge in [-0.2, -0.15) is 26.3 Å². The Hall–Kier alpha value is -1.26. The van der Waals surface area contributed by atoms with Crippen molar-refractivity contribution in [2.45, 2.75) is 17.6 Å². The summed E-state index contributed by atoms with van der Waals surface area (Å²) in [6.45, 7) is 7.71. The number of nitrogens with zero attached hydrogens (tertiary/aromatic N) is 5. The second kappa shape index (κ2) is 16.1. The van der Waals surface area contributed by atoms with Crippen molar-refractivity contribution >= 4 is 25.9 Å². The Labute approximate surface area is 228 Å². The predicted octanol–water partition coefficient (Wildman–Crippen LogP) is 0.927. The molecular formula is C18H29CoF6N5O6S2. The van der Waals surface area contributed by atoms with E-state index in [1.54, 1.807) is 0 Å². The van der Waals surface area contributed by atoms with Crippen LogP contribution in [0, 0.1) is 0 Å². The van der Waals surface area contributed by atoms with E-state index in [0.29, 0.717) is 0 Å². The molecule has 1 aromatic heterocycles. The summed E-state index contributed by atoms with van der Waals surface area (Å²) < 4.78 is 118. The van der Waals surface area contributed by atoms with Crippen LogP contribution in [0.1, 0.15) is 5.69 Å². The van der Waals surface area contributed by atoms with Crippen LogP contribution >= 0.6 is 0 Å². The van der Waals surface area contributed by atoms with Gasteiger partial charge in [-0.3, -0.25) is 9.88 Å². The first kappa shape index (κ1) is 38.9. The van der Waals surface area contributed by atoms with Crippen LogP contribution in [0.4, 0.5) is 32.0 Å². The van der Waals surface area contributed by atoms with Gasteiger partial charge in [-0.15, -0.1) is 0 Å². The van der Waals surface area contributed by atoms with Gasteiger partial charge < -0.3 is 23.8 Å². The fourth-order valence-electron chi connectivity index (χ4n) is 2.52. The molecular weight excluding hydrogens is 619 g/mol. The summed E-state index contributed by atoms with van der Waals surface area (Å²) in [5.74, 6) is 0. The van der Waals surface area contributed by atoms with Gasteiger partial charge in [-0.05, 0) is 26.2 Å². The maximum atomic E-state index is 10.7. The molecule has 2 heterocycles. The molecule has 1 aromatic rings. The summed E-state index contributed by atoms with van der Waals surface area (Å²) in [5.41, 5.74) is -8.91. The van der Waals surface area contributed by atoms with Crippen molar-refractivity contribution in [1.82, 2.24) is 19.7 Å². The van der Waals surface area contributed by atoms with Gasteiger partial charge in [0.05, 0.1) is 5.69 Å². The van der Waals surface area contributed by atoms with Crippen LogP contribution in [0.25, 0.3) is 0 Å². The smallest absolute Gasteiger partial charge is 0.741 e. The minimum atomic E-state index is -6.09. The number of anilines is 1. The summed E-state index contributed by atoms with van der Waals surface area (Å²) in [4.78, 5) is 14.0. The number of hydrogen-bond acceptors (Lipinski definition) is 11. The first-order chi connectivity index (χ1) is 16.5. The van der Waals surface area contributed by atoms with Crippen molar-refractivity contribution in [3.05, 3.63) is 24.0 Å². The number of pyridine rings is 1. The van der Waals surface area contributed by atoms with Crippen molar-refractivity contribution in [2.24, 2.45) is 0 Å². The number of aromatic nitrogens is 1. The van der Waals surface area contributed by atoms with Crippen LogP contribution in [0.15, 0.2) is 18.3 Å². The van der Waals surface area contributed by atoms with E-state index < -0.39 is 31.3 Å². The van der Waals surface area contributed by atoms with E-state index in [4.69, 9.17) is 25.9 Å². The molecule has 0 aromatic carbocycles. The molecule has 0 atom stereocenters. The molecule has 1 radical (unpaired) electrons. The van der Waals surface area contributed by atoms with Gasteiger partial charge in [-0.1, -0.05) is 0 Å². The molecule has 0 spiro atoms. The summed E-state index contributed by atoms with van der Waals surface area (Å²) in [6, 6.07) is 4.25. The standard InChI is InChI=1S/C16H29N5.2CHF3O3S.Co/c1-18(2)16-5-6-17-15(13-16)14-21-11-9-19(3)7-8-20(4)10-12-21;2*2-1(3,4)8(5,6)7;/h5-6,13H,7-12,14H2,1-4H3;2*(H,5,6,7);/q;;;+2/p-2. The predicted molar refractivity (Wildman–Crippen MR) is 120 cm³/mol. The quantitative estimate of drug-likeness (QED) is 0.263. The van der Waals surface area contributed by atoms with Gasteiger partial charge in [-0.25, -0.2) is 16.8 Å². The van der Waals surface area contributed by atoms with E-state index in [9.17, 15) is 26.3 Å². The van der Waals surface area contributed by atoms with Crippen molar-refractivity contribution in [2.75, 3.05) is 72.4 Å². The minimum absolute atomic E-state index is 0. The van der Waals surface area contributed by atoms with Gasteiger partial charge >= 0.3 is 27.8 Å². The molecule has 20 heteroatoms. The minimum Gasteiger partial charge on any atom is -0.741 e. The van der Waals surface area contributed by atoms with E-state index in [1.807, 2.05) is 6.20 Å². The van der Waals surface area contributed by atoms with Crippen LogP contribution in [0.2, 0.25) is 0 Å². The van der Waals surface area contributed by atoms with Crippen LogP contribution in [-0.4, -0.2) is 124 Å². The molecule has 2 rings (SSSR count). The molecule has 0 unspecified atom stereocenters. The maximum absolute atomic E-state index is 10.7. The Kier molecular flexibility index (Phi) is 16.5. The van der Waals surface area contributed by atoms with Gasteiger partial charge in [0.25, 0.3) is 0 Å². The molecule has 0 amide bonds. The SMILES string of the molecule is CN1CCN(C)CCN(Cc2cc(N(C)C)ccn2)CC1.O=S(=O)([O-])C(F)(F)F.O=S(=O)([O-])C(F)(F)F.[Co+2]. The van der Waals surface area contributed by atoms with Gasteiger partial charge in [0, 0.05) is 71.8 Å². The topological polar surface area (TPSA) is 140 Å². The summed E-state index contributed by atoms with van der Waals surface area (Å²) in [5, 5.41) is 0. The Bertz CT molecular complexity index is 989. The van der Waals surface area contributed by atoms with E-state index in [2.05, 4.69) is 64.9 Å². The zero-order valence-corrected chi connectivity index (χ0v) is 23.5. The van der Waals surface area contributed by atoms with E-state index in [-0.39, 0.29) is 16.8 Å². The van der Waals surface area contributed by atoms with Crippen molar-refractivity contribution in [1.29, 1.82) is 0 Å². The Balaban J connectivity index is 0. The molecule has 0 bridgehead atoms. The Morgan fingerprint density at radius 1 is 0.842 bits per heavy atom. The zero-order valence-electron chi connectivity index (χ0n) is 20.8. The Morgan fingerprint density at radius 3 is 1.50 bits per heavy atom. The van der Waals surface area contributed by atoms with Crippen LogP contribution in [-0.2, 0) is 43.6 Å². The molecule has 225 valence electrons. The van der Waals surface area contributed by atoms with E-state index >= 15 is 0 Å². The average Bonchev–Trinajstić information content (AvgIpc) is 2.79. The number of likely N-dealkylation sites (N-methyl/N-ethyl adjacent to an activating group) is 2. The third kappa shape index (κ3) is 16.0. The fourth-order valence-corrected chi connectivity index (χ4v) is 2.52. The van der Waals surface area contributed by atoms with E-state index in [1.165, 1.54) is 5.69 Å². The number of rotatable bonds is 3. The largest absolute Gasteiger partial charge is 2.00 e.